The lowest BCUT2D eigenvalue weighted by Gasteiger charge is -2.20. The van der Waals surface area contributed by atoms with Gasteiger partial charge < -0.3 is 9.47 Å². The van der Waals surface area contributed by atoms with E-state index in [1.165, 1.54) is 41.3 Å². The van der Waals surface area contributed by atoms with Crippen LogP contribution in [0.2, 0.25) is 5.02 Å². The van der Waals surface area contributed by atoms with Crippen molar-refractivity contribution in [3.8, 4) is 28.6 Å². The number of rotatable bonds is 9. The number of carbonyl (C=O) groups excluding carboxylic acids is 2. The van der Waals surface area contributed by atoms with E-state index >= 15 is 0 Å². The Morgan fingerprint density at radius 2 is 1.77 bits per heavy atom. The molecule has 3 amide bonds. The molecule has 2 heterocycles. The maximum Gasteiger partial charge on any atom is 0.573 e. The average Bonchev–Trinajstić information content (AvgIpc) is 3.65. The fourth-order valence-electron chi connectivity index (χ4n) is 4.17. The molecule has 5 rings (SSSR count). The standard InChI is InChI=1S/C29H21ClF6N6O5S/c1-16(17-2-4-18(5-3-17)25-37-15-41(39-25)20-7-9-21(10-8-20)46-29(34,35)36)47-40-26(44)38-27-42(24(43)13-48-27)22-12-19(30)6-11-23(22)45-14-28(31,32)33/h2-12,15-16H,13-14H2,1H3,(H,40,44)/b38-27-. The molecule has 3 aromatic carbocycles. The lowest BCUT2D eigenvalue weighted by atomic mass is 10.1. The zero-order valence-corrected chi connectivity index (χ0v) is 25.8. The summed E-state index contributed by atoms with van der Waals surface area (Å²) in [5.41, 5.74) is 3.74. The van der Waals surface area contributed by atoms with Crippen molar-refractivity contribution in [1.29, 1.82) is 0 Å². The van der Waals surface area contributed by atoms with Crippen LogP contribution in [0, 0.1) is 0 Å². The van der Waals surface area contributed by atoms with Gasteiger partial charge in [0.25, 0.3) is 0 Å². The van der Waals surface area contributed by atoms with E-state index in [1.54, 1.807) is 31.2 Å². The van der Waals surface area contributed by atoms with Gasteiger partial charge in [0, 0.05) is 10.6 Å². The van der Waals surface area contributed by atoms with Crippen LogP contribution in [0.5, 0.6) is 11.5 Å². The summed E-state index contributed by atoms with van der Waals surface area (Å²) in [6.45, 7) is 0.0236. The van der Waals surface area contributed by atoms with Crippen molar-refractivity contribution in [3.63, 3.8) is 0 Å². The Bertz CT molecular complexity index is 1820. The van der Waals surface area contributed by atoms with Crippen LogP contribution in [0.1, 0.15) is 18.6 Å². The van der Waals surface area contributed by atoms with Gasteiger partial charge in [-0.2, -0.15) is 18.2 Å². The van der Waals surface area contributed by atoms with Gasteiger partial charge >= 0.3 is 18.6 Å². The maximum atomic E-state index is 12.8. The number of amides is 3. The third kappa shape index (κ3) is 8.96. The SMILES string of the molecule is CC(ONC(=O)/N=C1\SCC(=O)N1c1cc(Cl)ccc1OCC(F)(F)F)c1ccc(-c2ncn(-c3ccc(OC(F)(F)F)cc3)n2)cc1. The zero-order chi connectivity index (χ0) is 34.6. The van der Waals surface area contributed by atoms with Gasteiger partial charge in [-0.3, -0.25) is 14.5 Å². The number of nitrogens with zero attached hydrogens (tertiary/aromatic N) is 5. The first kappa shape index (κ1) is 34.5. The summed E-state index contributed by atoms with van der Waals surface area (Å²) in [5, 5.41) is 4.33. The lowest BCUT2D eigenvalue weighted by molar-refractivity contribution is -0.274. The van der Waals surface area contributed by atoms with E-state index in [2.05, 4.69) is 25.3 Å². The number of urea groups is 1. The summed E-state index contributed by atoms with van der Waals surface area (Å²) in [5.74, 6) is -1.04. The van der Waals surface area contributed by atoms with Gasteiger partial charge in [-0.05, 0) is 55.0 Å². The number of hydrogen-bond donors (Lipinski definition) is 1. The minimum absolute atomic E-state index is 0.110. The quantitative estimate of drug-likeness (QED) is 0.142. The Labute approximate surface area is 276 Å². The number of anilines is 1. The molecular formula is C29H21ClF6N6O5S. The van der Waals surface area contributed by atoms with Crippen molar-refractivity contribution in [1.82, 2.24) is 20.2 Å². The molecule has 0 radical (unpaired) electrons. The first-order valence-corrected chi connectivity index (χ1v) is 14.9. The van der Waals surface area contributed by atoms with Crippen LogP contribution in [0.3, 0.4) is 0 Å². The summed E-state index contributed by atoms with van der Waals surface area (Å²) in [6, 6.07) is 14.6. The molecule has 0 saturated carbocycles. The number of thioether (sulfide) groups is 1. The van der Waals surface area contributed by atoms with Crippen molar-refractivity contribution in [2.24, 2.45) is 4.99 Å². The van der Waals surface area contributed by atoms with E-state index < -0.39 is 37.2 Å². The third-order valence-corrected chi connectivity index (χ3v) is 7.46. The summed E-state index contributed by atoms with van der Waals surface area (Å²) < 4.78 is 85.6. The van der Waals surface area contributed by atoms with Gasteiger partial charge in [0.05, 0.1) is 17.1 Å². The predicted octanol–water partition coefficient (Wildman–Crippen LogP) is 7.27. The van der Waals surface area contributed by atoms with Crippen molar-refractivity contribution in [3.05, 3.63) is 83.6 Å². The Balaban J connectivity index is 1.20. The van der Waals surface area contributed by atoms with Crippen LogP contribution >= 0.6 is 23.4 Å². The van der Waals surface area contributed by atoms with Crippen LogP contribution in [-0.4, -0.2) is 56.8 Å². The molecule has 1 aliphatic heterocycles. The smallest absolute Gasteiger partial charge is 0.482 e. The van der Waals surface area contributed by atoms with Crippen LogP contribution in [-0.2, 0) is 9.63 Å². The first-order chi connectivity index (χ1) is 22.6. The molecule has 1 N–H and O–H groups in total. The molecule has 0 aliphatic carbocycles. The Morgan fingerprint density at radius 3 is 2.44 bits per heavy atom. The molecule has 19 heteroatoms. The fourth-order valence-corrected chi connectivity index (χ4v) is 5.19. The summed E-state index contributed by atoms with van der Waals surface area (Å²) in [6.07, 6.45) is -8.73. The first-order valence-electron chi connectivity index (χ1n) is 13.5. The highest BCUT2D eigenvalue weighted by Gasteiger charge is 2.35. The molecular weight excluding hydrogens is 694 g/mol. The van der Waals surface area contributed by atoms with E-state index in [1.807, 2.05) is 0 Å². The van der Waals surface area contributed by atoms with Gasteiger partial charge in [-0.15, -0.1) is 18.3 Å². The van der Waals surface area contributed by atoms with Crippen LogP contribution in [0.25, 0.3) is 17.1 Å². The number of hydroxylamine groups is 1. The Morgan fingerprint density at radius 1 is 1.06 bits per heavy atom. The van der Waals surface area contributed by atoms with Gasteiger partial charge in [0.15, 0.2) is 17.6 Å². The molecule has 0 bridgehead atoms. The highest BCUT2D eigenvalue weighted by Crippen LogP contribution is 2.37. The minimum Gasteiger partial charge on any atom is -0.482 e. The van der Waals surface area contributed by atoms with Crippen molar-refractivity contribution >= 4 is 46.2 Å². The Hall–Kier alpha value is -4.81. The molecule has 11 nitrogen and oxygen atoms in total. The number of benzene rings is 3. The number of ether oxygens (including phenoxy) is 2. The second-order valence-electron chi connectivity index (χ2n) is 9.77. The molecule has 1 atom stereocenters. The number of aliphatic imine (C=N–C) groups is 1. The van der Waals surface area contributed by atoms with E-state index in [4.69, 9.17) is 21.2 Å². The lowest BCUT2D eigenvalue weighted by Crippen LogP contribution is -2.32. The maximum absolute atomic E-state index is 12.8. The monoisotopic (exact) mass is 714 g/mol. The molecule has 4 aromatic rings. The highest BCUT2D eigenvalue weighted by molar-refractivity contribution is 8.15. The Kier molecular flexibility index (Phi) is 10.2. The molecule has 1 aromatic heterocycles. The second-order valence-corrected chi connectivity index (χ2v) is 11.2. The molecule has 0 spiro atoms. The topological polar surface area (TPSA) is 120 Å². The molecule has 1 unspecified atom stereocenters. The van der Waals surface area contributed by atoms with Gasteiger partial charge in [-0.1, -0.05) is 47.6 Å². The predicted molar refractivity (Wildman–Crippen MR) is 162 cm³/mol. The zero-order valence-electron chi connectivity index (χ0n) is 24.3. The van der Waals surface area contributed by atoms with Gasteiger partial charge in [-0.25, -0.2) is 19.9 Å². The number of alkyl halides is 6. The minimum atomic E-state index is -4.80. The van der Waals surface area contributed by atoms with Gasteiger partial charge in [0.1, 0.15) is 23.9 Å². The largest absolute Gasteiger partial charge is 0.573 e. The molecule has 1 saturated heterocycles. The number of hydrogen-bond acceptors (Lipinski definition) is 8. The van der Waals surface area contributed by atoms with Crippen LogP contribution in [0.15, 0.2) is 78.0 Å². The second kappa shape index (κ2) is 14.1. The van der Waals surface area contributed by atoms with Gasteiger partial charge in [0.2, 0.25) is 5.91 Å². The van der Waals surface area contributed by atoms with E-state index in [9.17, 15) is 35.9 Å². The third-order valence-electron chi connectivity index (χ3n) is 6.30. The highest BCUT2D eigenvalue weighted by atomic mass is 35.5. The summed E-state index contributed by atoms with van der Waals surface area (Å²) >= 11 is 6.90. The van der Waals surface area contributed by atoms with Crippen LogP contribution < -0.4 is 19.9 Å². The summed E-state index contributed by atoms with van der Waals surface area (Å²) in [7, 11) is 0. The number of aromatic nitrogens is 3. The normalized spacial score (nSPS) is 15.1. The van der Waals surface area contributed by atoms with Crippen molar-refractivity contribution < 1.29 is 50.2 Å². The van der Waals surface area contributed by atoms with E-state index in [-0.39, 0.29) is 33.1 Å². The average molecular weight is 715 g/mol. The number of halogens is 7. The molecule has 1 aliphatic rings. The molecule has 48 heavy (non-hydrogen) atoms. The molecule has 1 fully saturated rings. The number of amidine groups is 1. The van der Waals surface area contributed by atoms with Crippen molar-refractivity contribution in [2.75, 3.05) is 17.3 Å². The van der Waals surface area contributed by atoms with E-state index in [0.29, 0.717) is 22.6 Å². The number of nitrogens with one attached hydrogen (secondary N) is 1. The fraction of sp³-hybridized carbons (Fsp3) is 0.207. The molecule has 252 valence electrons. The number of carbonyl (C=O) groups is 2. The van der Waals surface area contributed by atoms with E-state index in [0.717, 1.165) is 28.8 Å². The van der Waals surface area contributed by atoms with Crippen molar-refractivity contribution in [2.45, 2.75) is 25.6 Å². The van der Waals surface area contributed by atoms with Crippen LogP contribution in [0.4, 0.5) is 36.8 Å². The summed E-state index contributed by atoms with van der Waals surface area (Å²) in [4.78, 5) is 39.7.